The average molecular weight is 192 g/mol. The van der Waals surface area contributed by atoms with E-state index in [4.69, 9.17) is 0 Å². The van der Waals surface area contributed by atoms with Crippen molar-refractivity contribution < 1.29 is 9.59 Å². The predicted molar refractivity (Wildman–Crippen MR) is 51.6 cm³/mol. The summed E-state index contributed by atoms with van der Waals surface area (Å²) in [5.74, 6) is -0.198. The maximum atomic E-state index is 10.7. The molecule has 4 nitrogen and oxygen atoms in total. The molecular formula is C10H12N2O2. The van der Waals surface area contributed by atoms with Gasteiger partial charge in [-0.15, -0.1) is 0 Å². The molecule has 0 saturated heterocycles. The summed E-state index contributed by atoms with van der Waals surface area (Å²) >= 11 is 0. The minimum Gasteiger partial charge on any atom is -0.346 e. The van der Waals surface area contributed by atoms with E-state index in [0.717, 1.165) is 11.8 Å². The highest BCUT2D eigenvalue weighted by Gasteiger charge is 2.08. The smallest absolute Gasteiger partial charge is 0.217 e. The minimum absolute atomic E-state index is 0.198. The summed E-state index contributed by atoms with van der Waals surface area (Å²) in [4.78, 5) is 25.2. The summed E-state index contributed by atoms with van der Waals surface area (Å²) in [6.45, 7) is 1.39. The number of pyridine rings is 1. The third-order valence-electron chi connectivity index (χ3n) is 1.76. The molecule has 1 aromatic rings. The number of nitrogens with one attached hydrogen (secondary N) is 1. The van der Waals surface area contributed by atoms with Crippen LogP contribution in [0.15, 0.2) is 24.5 Å². The Morgan fingerprint density at radius 1 is 1.57 bits per heavy atom. The predicted octanol–water partition coefficient (Wildman–Crippen LogP) is 0.328. The Bertz CT molecular complexity index is 311. The fourth-order valence-corrected chi connectivity index (χ4v) is 1.17. The maximum absolute atomic E-state index is 10.7. The van der Waals surface area contributed by atoms with Gasteiger partial charge >= 0.3 is 0 Å². The second kappa shape index (κ2) is 5.11. The van der Waals surface area contributed by atoms with E-state index < -0.39 is 6.04 Å². The zero-order valence-electron chi connectivity index (χ0n) is 7.93. The first-order valence-electron chi connectivity index (χ1n) is 4.33. The van der Waals surface area contributed by atoms with Crippen molar-refractivity contribution in [1.29, 1.82) is 0 Å². The molecule has 1 aromatic heterocycles. The molecule has 1 atom stereocenters. The van der Waals surface area contributed by atoms with Crippen molar-refractivity contribution in [2.24, 2.45) is 0 Å². The van der Waals surface area contributed by atoms with E-state index in [9.17, 15) is 9.59 Å². The van der Waals surface area contributed by atoms with Gasteiger partial charge in [0.1, 0.15) is 6.29 Å². The monoisotopic (exact) mass is 192 g/mol. The first-order valence-corrected chi connectivity index (χ1v) is 4.33. The number of hydrogen-bond acceptors (Lipinski definition) is 3. The Morgan fingerprint density at radius 3 is 2.71 bits per heavy atom. The summed E-state index contributed by atoms with van der Waals surface area (Å²) in [6.07, 6.45) is 4.56. The van der Waals surface area contributed by atoms with Gasteiger partial charge in [-0.05, 0) is 24.1 Å². The highest BCUT2D eigenvalue weighted by atomic mass is 16.2. The van der Waals surface area contributed by atoms with Gasteiger partial charge in [-0.25, -0.2) is 0 Å². The first kappa shape index (κ1) is 10.4. The van der Waals surface area contributed by atoms with Crippen LogP contribution in [-0.2, 0) is 16.0 Å². The molecule has 0 aliphatic carbocycles. The summed E-state index contributed by atoms with van der Waals surface area (Å²) < 4.78 is 0. The van der Waals surface area contributed by atoms with E-state index in [1.807, 2.05) is 12.1 Å². The molecule has 0 aliphatic heterocycles. The summed E-state index contributed by atoms with van der Waals surface area (Å²) in [6, 6.07) is 3.19. The van der Waals surface area contributed by atoms with Crippen LogP contribution < -0.4 is 5.32 Å². The van der Waals surface area contributed by atoms with E-state index in [-0.39, 0.29) is 5.91 Å². The quantitative estimate of drug-likeness (QED) is 0.699. The van der Waals surface area contributed by atoms with Gasteiger partial charge in [-0.1, -0.05) is 0 Å². The van der Waals surface area contributed by atoms with Crippen LogP contribution in [0.2, 0.25) is 0 Å². The molecule has 0 bridgehead atoms. The van der Waals surface area contributed by atoms with Crippen molar-refractivity contribution >= 4 is 12.2 Å². The number of aldehydes is 1. The molecule has 1 rings (SSSR count). The topological polar surface area (TPSA) is 59.1 Å². The average Bonchev–Trinajstić information content (AvgIpc) is 2.17. The normalized spacial score (nSPS) is 11.8. The fraction of sp³-hybridized carbons (Fsp3) is 0.300. The molecule has 1 N–H and O–H groups in total. The molecule has 1 heterocycles. The maximum Gasteiger partial charge on any atom is 0.217 e. The highest BCUT2D eigenvalue weighted by molar-refractivity contribution is 5.77. The molecule has 1 amide bonds. The third-order valence-corrected chi connectivity index (χ3v) is 1.76. The molecule has 0 aromatic carbocycles. The van der Waals surface area contributed by atoms with Gasteiger partial charge in [0, 0.05) is 19.3 Å². The molecule has 0 aliphatic rings. The van der Waals surface area contributed by atoms with Crippen molar-refractivity contribution in [2.75, 3.05) is 0 Å². The molecule has 0 saturated carbocycles. The second-order valence-corrected chi connectivity index (χ2v) is 3.00. The minimum atomic E-state index is -0.449. The van der Waals surface area contributed by atoms with Crippen molar-refractivity contribution in [2.45, 2.75) is 19.4 Å². The molecular weight excluding hydrogens is 180 g/mol. The van der Waals surface area contributed by atoms with Gasteiger partial charge in [-0.2, -0.15) is 0 Å². The first-order chi connectivity index (χ1) is 6.72. The molecule has 14 heavy (non-hydrogen) atoms. The van der Waals surface area contributed by atoms with Crippen LogP contribution in [0, 0.1) is 0 Å². The van der Waals surface area contributed by atoms with E-state index in [1.54, 1.807) is 12.4 Å². The number of rotatable bonds is 4. The van der Waals surface area contributed by atoms with Crippen LogP contribution >= 0.6 is 0 Å². The highest BCUT2D eigenvalue weighted by Crippen LogP contribution is 2.00. The van der Waals surface area contributed by atoms with Crippen LogP contribution in [0.25, 0.3) is 0 Å². The molecule has 0 spiro atoms. The fourth-order valence-electron chi connectivity index (χ4n) is 1.17. The number of carbonyl (C=O) groups excluding carboxylic acids is 2. The zero-order valence-corrected chi connectivity index (χ0v) is 7.93. The summed E-state index contributed by atoms with van der Waals surface area (Å²) in [5, 5.41) is 2.55. The lowest BCUT2D eigenvalue weighted by molar-refractivity contribution is -0.122. The van der Waals surface area contributed by atoms with Crippen LogP contribution in [0.3, 0.4) is 0 Å². The zero-order chi connectivity index (χ0) is 10.4. The van der Waals surface area contributed by atoms with Gasteiger partial charge in [-0.3, -0.25) is 9.78 Å². The second-order valence-electron chi connectivity index (χ2n) is 3.00. The summed E-state index contributed by atoms with van der Waals surface area (Å²) in [5.41, 5.74) is 0.978. The summed E-state index contributed by atoms with van der Waals surface area (Å²) in [7, 11) is 0. The molecule has 74 valence electrons. The standard InChI is InChI=1S/C10H12N2O2/c1-8(14)12-10(7-13)6-9-2-4-11-5-3-9/h2-5,7,10H,6H2,1H3,(H,12,14)/t10-/m1/s1. The Labute approximate surface area is 82.3 Å². The van der Waals surface area contributed by atoms with E-state index in [1.165, 1.54) is 6.92 Å². The van der Waals surface area contributed by atoms with Crippen molar-refractivity contribution in [3.63, 3.8) is 0 Å². The number of carbonyl (C=O) groups is 2. The van der Waals surface area contributed by atoms with Crippen LogP contribution in [0.4, 0.5) is 0 Å². The molecule has 0 radical (unpaired) electrons. The lowest BCUT2D eigenvalue weighted by Gasteiger charge is -2.10. The van der Waals surface area contributed by atoms with E-state index in [0.29, 0.717) is 6.42 Å². The third kappa shape index (κ3) is 3.35. The van der Waals surface area contributed by atoms with Crippen molar-refractivity contribution in [1.82, 2.24) is 10.3 Å². The van der Waals surface area contributed by atoms with E-state index in [2.05, 4.69) is 10.3 Å². The van der Waals surface area contributed by atoms with Crippen molar-refractivity contribution in [3.05, 3.63) is 30.1 Å². The van der Waals surface area contributed by atoms with Crippen molar-refractivity contribution in [3.8, 4) is 0 Å². The Balaban J connectivity index is 2.57. The SMILES string of the molecule is CC(=O)N[C@@H](C=O)Cc1ccncc1. The lowest BCUT2D eigenvalue weighted by atomic mass is 10.1. The van der Waals surface area contributed by atoms with Gasteiger partial charge < -0.3 is 10.1 Å². The lowest BCUT2D eigenvalue weighted by Crippen LogP contribution is -2.35. The van der Waals surface area contributed by atoms with Crippen LogP contribution in [-0.4, -0.2) is 23.2 Å². The number of hydrogen-bond donors (Lipinski definition) is 1. The van der Waals surface area contributed by atoms with Crippen LogP contribution in [0.5, 0.6) is 0 Å². The Hall–Kier alpha value is -1.71. The Kier molecular flexibility index (Phi) is 3.79. The van der Waals surface area contributed by atoms with Gasteiger partial charge in [0.15, 0.2) is 0 Å². The molecule has 0 fully saturated rings. The van der Waals surface area contributed by atoms with Gasteiger partial charge in [0.25, 0.3) is 0 Å². The largest absolute Gasteiger partial charge is 0.346 e. The number of aromatic nitrogens is 1. The Morgan fingerprint density at radius 2 is 2.21 bits per heavy atom. The van der Waals surface area contributed by atoms with Crippen LogP contribution in [0.1, 0.15) is 12.5 Å². The van der Waals surface area contributed by atoms with E-state index >= 15 is 0 Å². The molecule has 0 unspecified atom stereocenters. The van der Waals surface area contributed by atoms with Gasteiger partial charge in [0.05, 0.1) is 6.04 Å². The number of amides is 1. The van der Waals surface area contributed by atoms with Gasteiger partial charge in [0.2, 0.25) is 5.91 Å². The molecule has 4 heteroatoms. The number of nitrogens with zero attached hydrogens (tertiary/aromatic N) is 1.